The van der Waals surface area contributed by atoms with E-state index >= 15 is 0 Å². The van der Waals surface area contributed by atoms with Crippen molar-refractivity contribution in [1.29, 1.82) is 0 Å². The van der Waals surface area contributed by atoms with Crippen LogP contribution in [0.1, 0.15) is 45.9 Å². The number of rotatable bonds is 4. The molecular weight excluding hydrogens is 420 g/mol. The van der Waals surface area contributed by atoms with Gasteiger partial charge in [-0.15, -0.1) is 0 Å². The topological polar surface area (TPSA) is 45.6 Å². The van der Waals surface area contributed by atoms with Crippen molar-refractivity contribution in [3.63, 3.8) is 0 Å². The third-order valence-corrected chi connectivity index (χ3v) is 6.85. The first-order valence-electron chi connectivity index (χ1n) is 12.5. The summed E-state index contributed by atoms with van der Waals surface area (Å²) in [7, 11) is 0. The van der Waals surface area contributed by atoms with E-state index in [4.69, 9.17) is 4.74 Å². The van der Waals surface area contributed by atoms with Crippen molar-refractivity contribution in [3.8, 4) is 5.75 Å². The zero-order valence-corrected chi connectivity index (χ0v) is 20.9. The van der Waals surface area contributed by atoms with Crippen molar-refractivity contribution < 1.29 is 4.74 Å². The Morgan fingerprint density at radius 2 is 1.91 bits per heavy atom. The Bertz CT molecular complexity index is 1530. The standard InChI is InChI=1S/C29H34N4O/c1-18(2)16-34-26-8-6-7-20-21-13-19-9-11-30-25(19)14-22(21)27-23-15-32(17-29(3,4)5)12-10-24(23)31-33(27)28(20)26/h6-9,11,13-14,18,31H,10,12,15-17H2,1-5H3. The van der Waals surface area contributed by atoms with Crippen molar-refractivity contribution in [3.05, 3.63) is 53.9 Å². The molecule has 34 heavy (non-hydrogen) atoms. The van der Waals surface area contributed by atoms with Crippen molar-refractivity contribution in [2.75, 3.05) is 19.7 Å². The Labute approximate surface area is 200 Å². The lowest BCUT2D eigenvalue weighted by Crippen LogP contribution is -2.36. The smallest absolute Gasteiger partial charge is 0.145 e. The number of H-pyrrole nitrogens is 1. The lowest BCUT2D eigenvalue weighted by molar-refractivity contribution is 0.177. The number of aromatic nitrogens is 3. The summed E-state index contributed by atoms with van der Waals surface area (Å²) in [5.74, 6) is 1.41. The maximum atomic E-state index is 6.37. The molecule has 0 bridgehead atoms. The fraction of sp³-hybridized carbons (Fsp3) is 0.414. The predicted octanol–water partition coefficient (Wildman–Crippen LogP) is 6.56. The minimum atomic E-state index is 0.273. The van der Waals surface area contributed by atoms with Crippen LogP contribution in [0.4, 0.5) is 0 Å². The second-order valence-corrected chi connectivity index (χ2v) is 11.5. The first-order valence-corrected chi connectivity index (χ1v) is 12.5. The maximum absolute atomic E-state index is 6.37. The fourth-order valence-corrected chi connectivity index (χ4v) is 5.55. The summed E-state index contributed by atoms with van der Waals surface area (Å²) in [6.07, 6.45) is 2.94. The maximum Gasteiger partial charge on any atom is 0.145 e. The lowest BCUT2D eigenvalue weighted by Gasteiger charge is -2.32. The van der Waals surface area contributed by atoms with E-state index in [1.807, 2.05) is 6.20 Å². The molecule has 2 aromatic carbocycles. The number of nitrogens with one attached hydrogen (secondary N) is 1. The van der Waals surface area contributed by atoms with Gasteiger partial charge in [-0.1, -0.05) is 46.8 Å². The van der Waals surface area contributed by atoms with E-state index < -0.39 is 0 Å². The first kappa shape index (κ1) is 21.5. The van der Waals surface area contributed by atoms with Gasteiger partial charge in [-0.25, -0.2) is 0 Å². The summed E-state index contributed by atoms with van der Waals surface area (Å²) < 4.78 is 8.66. The molecule has 0 aliphatic carbocycles. The summed E-state index contributed by atoms with van der Waals surface area (Å²) in [6.45, 7) is 15.2. The molecule has 3 aromatic heterocycles. The second-order valence-electron chi connectivity index (χ2n) is 11.5. The molecule has 0 spiro atoms. The van der Waals surface area contributed by atoms with Gasteiger partial charge in [0, 0.05) is 59.7 Å². The third-order valence-electron chi connectivity index (χ3n) is 6.85. The Balaban J connectivity index is 1.67. The molecule has 5 heteroatoms. The van der Waals surface area contributed by atoms with Crippen LogP contribution in [-0.4, -0.2) is 39.2 Å². The van der Waals surface area contributed by atoms with Gasteiger partial charge in [-0.2, -0.15) is 0 Å². The number of aromatic amines is 1. The predicted molar refractivity (Wildman–Crippen MR) is 141 cm³/mol. The summed E-state index contributed by atoms with van der Waals surface area (Å²) in [5.41, 5.74) is 6.47. The van der Waals surface area contributed by atoms with Crippen molar-refractivity contribution in [1.82, 2.24) is 19.5 Å². The molecule has 0 unspecified atom stereocenters. The summed E-state index contributed by atoms with van der Waals surface area (Å²) >= 11 is 0. The molecule has 0 radical (unpaired) electrons. The van der Waals surface area contributed by atoms with Gasteiger partial charge < -0.3 is 4.74 Å². The Morgan fingerprint density at radius 1 is 1.06 bits per heavy atom. The van der Waals surface area contributed by atoms with E-state index in [1.54, 1.807) is 0 Å². The van der Waals surface area contributed by atoms with E-state index in [2.05, 4.69) is 90.5 Å². The van der Waals surface area contributed by atoms with Crippen LogP contribution >= 0.6 is 0 Å². The molecule has 4 heterocycles. The number of hydrogen-bond donors (Lipinski definition) is 1. The largest absolute Gasteiger partial charge is 0.491 e. The Kier molecular flexibility index (Phi) is 4.89. The molecule has 0 saturated heterocycles. The number of fused-ring (bicyclic) bond motifs is 9. The highest BCUT2D eigenvalue weighted by Crippen LogP contribution is 2.39. The van der Waals surface area contributed by atoms with Gasteiger partial charge in [0.1, 0.15) is 11.3 Å². The average molecular weight is 455 g/mol. The number of para-hydroxylation sites is 1. The van der Waals surface area contributed by atoms with E-state index in [0.717, 1.165) is 42.8 Å². The highest BCUT2D eigenvalue weighted by Gasteiger charge is 2.27. The second kappa shape index (κ2) is 7.74. The minimum Gasteiger partial charge on any atom is -0.491 e. The number of ether oxygens (including phenoxy) is 1. The van der Waals surface area contributed by atoms with Gasteiger partial charge in [0.25, 0.3) is 0 Å². The van der Waals surface area contributed by atoms with Crippen LogP contribution in [0.5, 0.6) is 5.75 Å². The molecule has 0 amide bonds. The fourth-order valence-electron chi connectivity index (χ4n) is 5.55. The van der Waals surface area contributed by atoms with Crippen LogP contribution in [-0.2, 0) is 13.0 Å². The van der Waals surface area contributed by atoms with Gasteiger partial charge in [0.05, 0.1) is 17.6 Å². The van der Waals surface area contributed by atoms with Crippen LogP contribution in [0.3, 0.4) is 0 Å². The monoisotopic (exact) mass is 454 g/mol. The van der Waals surface area contributed by atoms with Crippen LogP contribution < -0.4 is 4.74 Å². The van der Waals surface area contributed by atoms with Crippen LogP contribution in [0.15, 0.2) is 42.6 Å². The molecule has 5 nitrogen and oxygen atoms in total. The van der Waals surface area contributed by atoms with E-state index in [9.17, 15) is 0 Å². The zero-order chi connectivity index (χ0) is 23.6. The van der Waals surface area contributed by atoms with Crippen LogP contribution in [0, 0.1) is 11.3 Å². The van der Waals surface area contributed by atoms with Gasteiger partial charge in [0.15, 0.2) is 0 Å². The number of hydrogen-bond acceptors (Lipinski definition) is 3. The van der Waals surface area contributed by atoms with E-state index in [1.165, 1.54) is 38.3 Å². The lowest BCUT2D eigenvalue weighted by atomic mass is 9.94. The van der Waals surface area contributed by atoms with Crippen molar-refractivity contribution >= 4 is 38.1 Å². The summed E-state index contributed by atoms with van der Waals surface area (Å²) in [5, 5.41) is 8.71. The van der Waals surface area contributed by atoms with Crippen LogP contribution in [0.2, 0.25) is 0 Å². The molecule has 1 aliphatic rings. The quantitative estimate of drug-likeness (QED) is 0.313. The van der Waals surface area contributed by atoms with Crippen molar-refractivity contribution in [2.24, 2.45) is 11.3 Å². The molecule has 1 aliphatic heterocycles. The van der Waals surface area contributed by atoms with Crippen molar-refractivity contribution in [2.45, 2.75) is 47.6 Å². The highest BCUT2D eigenvalue weighted by molar-refractivity contribution is 6.17. The van der Waals surface area contributed by atoms with Gasteiger partial charge in [-0.05, 0) is 41.0 Å². The molecule has 0 saturated carbocycles. The molecule has 176 valence electrons. The van der Waals surface area contributed by atoms with E-state index in [0.29, 0.717) is 12.5 Å². The molecule has 0 atom stereocenters. The SMILES string of the molecule is CC(C)COc1cccc2c3cc4ccnc4cc3c3c4c([nH]n3c12)CCN(CC(C)(C)C)C4. The third kappa shape index (κ3) is 3.54. The molecular formula is C29H34N4O. The van der Waals surface area contributed by atoms with Crippen LogP contribution in [0.25, 0.3) is 38.1 Å². The van der Waals surface area contributed by atoms with Gasteiger partial charge >= 0.3 is 0 Å². The first-order chi connectivity index (χ1) is 16.3. The average Bonchev–Trinajstić information content (AvgIpc) is 3.39. The number of pyridine rings is 1. The van der Waals surface area contributed by atoms with Gasteiger partial charge in [-0.3, -0.25) is 19.5 Å². The van der Waals surface area contributed by atoms with E-state index in [-0.39, 0.29) is 5.41 Å². The molecule has 0 fully saturated rings. The Morgan fingerprint density at radius 3 is 2.71 bits per heavy atom. The molecule has 1 N–H and O–H groups in total. The number of nitrogens with zero attached hydrogens (tertiary/aromatic N) is 3. The number of benzene rings is 2. The minimum absolute atomic E-state index is 0.273. The summed E-state index contributed by atoms with van der Waals surface area (Å²) in [4.78, 5) is 7.23. The zero-order valence-electron chi connectivity index (χ0n) is 20.9. The van der Waals surface area contributed by atoms with Gasteiger partial charge in [0.2, 0.25) is 0 Å². The Hall–Kier alpha value is -3.05. The highest BCUT2D eigenvalue weighted by atomic mass is 16.5. The summed E-state index contributed by atoms with van der Waals surface area (Å²) in [6, 6.07) is 13.1. The molecule has 6 rings (SSSR count). The normalized spacial score (nSPS) is 15.2. The molecule has 5 aromatic rings.